The highest BCUT2D eigenvalue weighted by Gasteiger charge is 2.29. The molecule has 0 saturated carbocycles. The predicted octanol–water partition coefficient (Wildman–Crippen LogP) is -0.0203. The number of hydrogen-bond acceptors (Lipinski definition) is 4. The van der Waals surface area contributed by atoms with Crippen molar-refractivity contribution in [3.05, 3.63) is 18.0 Å². The van der Waals surface area contributed by atoms with E-state index >= 15 is 0 Å². The molecule has 0 amide bonds. The molecule has 82 valence electrons. The molecule has 2 unspecified atom stereocenters. The molecule has 0 aromatic carbocycles. The Bertz CT molecular complexity index is 361. The summed E-state index contributed by atoms with van der Waals surface area (Å²) >= 11 is 0. The third-order valence-corrected chi connectivity index (χ3v) is 2.59. The van der Waals surface area contributed by atoms with Gasteiger partial charge in [-0.1, -0.05) is 0 Å². The number of carbonyl (C=O) groups is 1. The van der Waals surface area contributed by atoms with Gasteiger partial charge in [0, 0.05) is 19.8 Å². The number of rotatable bonds is 2. The van der Waals surface area contributed by atoms with Crippen molar-refractivity contribution >= 4 is 5.78 Å². The first kappa shape index (κ1) is 10.3. The summed E-state index contributed by atoms with van der Waals surface area (Å²) < 4.78 is 7.06. The SMILES string of the molecule is CC1OCCNC1C(=O)c1cnn(C)c1. The van der Waals surface area contributed by atoms with Crippen LogP contribution < -0.4 is 5.32 Å². The molecule has 1 aromatic heterocycles. The molecule has 5 heteroatoms. The lowest BCUT2D eigenvalue weighted by atomic mass is 10.0. The smallest absolute Gasteiger partial charge is 0.185 e. The zero-order chi connectivity index (χ0) is 10.8. The molecule has 0 aliphatic carbocycles. The summed E-state index contributed by atoms with van der Waals surface area (Å²) in [4.78, 5) is 12.0. The summed E-state index contributed by atoms with van der Waals surface area (Å²) in [5.41, 5.74) is 0.632. The average molecular weight is 209 g/mol. The Morgan fingerprint density at radius 1 is 1.73 bits per heavy atom. The molecule has 1 aliphatic heterocycles. The maximum atomic E-state index is 12.0. The topological polar surface area (TPSA) is 56.1 Å². The van der Waals surface area contributed by atoms with Gasteiger partial charge >= 0.3 is 0 Å². The van der Waals surface area contributed by atoms with Crippen molar-refractivity contribution in [2.75, 3.05) is 13.2 Å². The van der Waals surface area contributed by atoms with Crippen LogP contribution in [0.3, 0.4) is 0 Å². The first-order valence-corrected chi connectivity index (χ1v) is 5.06. The number of carbonyl (C=O) groups excluding carboxylic acids is 1. The van der Waals surface area contributed by atoms with E-state index in [1.165, 1.54) is 0 Å². The number of aryl methyl sites for hydroxylation is 1. The Morgan fingerprint density at radius 2 is 2.53 bits per heavy atom. The van der Waals surface area contributed by atoms with Gasteiger partial charge in [-0.05, 0) is 6.92 Å². The molecule has 15 heavy (non-hydrogen) atoms. The number of ketones is 1. The normalized spacial score (nSPS) is 26.5. The zero-order valence-electron chi connectivity index (χ0n) is 8.93. The third kappa shape index (κ3) is 2.08. The van der Waals surface area contributed by atoms with Crippen LogP contribution in [0.25, 0.3) is 0 Å². The van der Waals surface area contributed by atoms with Crippen LogP contribution in [0.1, 0.15) is 17.3 Å². The van der Waals surface area contributed by atoms with E-state index in [-0.39, 0.29) is 17.9 Å². The number of ether oxygens (including phenoxy) is 1. The van der Waals surface area contributed by atoms with Crippen LogP contribution in [0.4, 0.5) is 0 Å². The first-order chi connectivity index (χ1) is 7.18. The van der Waals surface area contributed by atoms with Crippen molar-refractivity contribution in [3.8, 4) is 0 Å². The Kier molecular flexibility index (Phi) is 2.83. The van der Waals surface area contributed by atoms with Gasteiger partial charge in [-0.2, -0.15) is 5.10 Å². The molecule has 0 radical (unpaired) electrons. The highest BCUT2D eigenvalue weighted by Crippen LogP contribution is 2.10. The lowest BCUT2D eigenvalue weighted by molar-refractivity contribution is 0.0111. The Labute approximate surface area is 88.4 Å². The van der Waals surface area contributed by atoms with E-state index in [2.05, 4.69) is 10.4 Å². The van der Waals surface area contributed by atoms with Crippen molar-refractivity contribution in [1.29, 1.82) is 0 Å². The molecule has 5 nitrogen and oxygen atoms in total. The molecule has 2 atom stereocenters. The number of nitrogens with one attached hydrogen (secondary N) is 1. The third-order valence-electron chi connectivity index (χ3n) is 2.59. The molecular formula is C10H15N3O2. The van der Waals surface area contributed by atoms with Crippen molar-refractivity contribution in [3.63, 3.8) is 0 Å². The molecule has 1 aromatic rings. The molecule has 1 saturated heterocycles. The first-order valence-electron chi connectivity index (χ1n) is 5.06. The van der Waals surface area contributed by atoms with Crippen LogP contribution in [-0.4, -0.2) is 40.9 Å². The van der Waals surface area contributed by atoms with Gasteiger partial charge in [-0.25, -0.2) is 0 Å². The van der Waals surface area contributed by atoms with E-state index < -0.39 is 0 Å². The second kappa shape index (κ2) is 4.12. The minimum absolute atomic E-state index is 0.0512. The fraction of sp³-hybridized carbons (Fsp3) is 0.600. The quantitative estimate of drug-likeness (QED) is 0.695. The lowest BCUT2D eigenvalue weighted by Crippen LogP contribution is -2.51. The van der Waals surface area contributed by atoms with Crippen LogP contribution in [0.15, 0.2) is 12.4 Å². The van der Waals surface area contributed by atoms with Crippen LogP contribution in [-0.2, 0) is 11.8 Å². The van der Waals surface area contributed by atoms with Crippen molar-refractivity contribution < 1.29 is 9.53 Å². The van der Waals surface area contributed by atoms with E-state index in [1.807, 2.05) is 6.92 Å². The highest BCUT2D eigenvalue weighted by molar-refractivity contribution is 6.00. The van der Waals surface area contributed by atoms with Gasteiger partial charge in [-0.15, -0.1) is 0 Å². The van der Waals surface area contributed by atoms with E-state index in [1.54, 1.807) is 24.1 Å². The van der Waals surface area contributed by atoms with Gasteiger partial charge < -0.3 is 10.1 Å². The summed E-state index contributed by atoms with van der Waals surface area (Å²) in [5, 5.41) is 7.15. The summed E-state index contributed by atoms with van der Waals surface area (Å²) in [6.07, 6.45) is 3.24. The molecular weight excluding hydrogens is 194 g/mol. The number of Topliss-reactive ketones (excluding diaryl/α,β-unsaturated/α-hetero) is 1. The number of aromatic nitrogens is 2. The molecule has 1 N–H and O–H groups in total. The van der Waals surface area contributed by atoms with Crippen LogP contribution in [0.2, 0.25) is 0 Å². The number of morpholine rings is 1. The Morgan fingerprint density at radius 3 is 3.13 bits per heavy atom. The summed E-state index contributed by atoms with van der Waals surface area (Å²) in [5.74, 6) is 0.0512. The molecule has 2 heterocycles. The number of nitrogens with zero attached hydrogens (tertiary/aromatic N) is 2. The summed E-state index contributed by atoms with van der Waals surface area (Å²) in [6, 6.07) is -0.247. The predicted molar refractivity (Wildman–Crippen MR) is 54.7 cm³/mol. The maximum Gasteiger partial charge on any atom is 0.185 e. The monoisotopic (exact) mass is 209 g/mol. The minimum atomic E-state index is -0.247. The van der Waals surface area contributed by atoms with Crippen LogP contribution in [0.5, 0.6) is 0 Å². The Balaban J connectivity index is 2.13. The van der Waals surface area contributed by atoms with Crippen molar-refractivity contribution in [2.24, 2.45) is 7.05 Å². The molecule has 2 rings (SSSR count). The van der Waals surface area contributed by atoms with Gasteiger partial charge in [-0.3, -0.25) is 9.48 Å². The minimum Gasteiger partial charge on any atom is -0.375 e. The van der Waals surface area contributed by atoms with Gasteiger partial charge in [0.05, 0.1) is 30.5 Å². The maximum absolute atomic E-state index is 12.0. The summed E-state index contributed by atoms with van der Waals surface area (Å²) in [6.45, 7) is 3.30. The standard InChI is InChI=1S/C10H15N3O2/c1-7-9(11-3-4-15-7)10(14)8-5-12-13(2)6-8/h5-7,9,11H,3-4H2,1-2H3. The average Bonchev–Trinajstić information content (AvgIpc) is 2.65. The van der Waals surface area contributed by atoms with Gasteiger partial charge in [0.25, 0.3) is 0 Å². The second-order valence-corrected chi connectivity index (χ2v) is 3.77. The largest absolute Gasteiger partial charge is 0.375 e. The van der Waals surface area contributed by atoms with E-state index in [0.29, 0.717) is 12.2 Å². The molecule has 1 aliphatic rings. The molecule has 0 bridgehead atoms. The fourth-order valence-corrected chi connectivity index (χ4v) is 1.76. The van der Waals surface area contributed by atoms with Gasteiger partial charge in [0.1, 0.15) is 0 Å². The van der Waals surface area contributed by atoms with Crippen molar-refractivity contribution in [2.45, 2.75) is 19.1 Å². The number of hydrogen-bond donors (Lipinski definition) is 1. The van der Waals surface area contributed by atoms with Crippen LogP contribution >= 0.6 is 0 Å². The lowest BCUT2D eigenvalue weighted by Gasteiger charge is -2.28. The Hall–Kier alpha value is -1.20. The highest BCUT2D eigenvalue weighted by atomic mass is 16.5. The molecule has 0 spiro atoms. The van der Waals surface area contributed by atoms with E-state index in [9.17, 15) is 4.79 Å². The van der Waals surface area contributed by atoms with E-state index in [0.717, 1.165) is 6.54 Å². The summed E-state index contributed by atoms with van der Waals surface area (Å²) in [7, 11) is 1.80. The zero-order valence-corrected chi connectivity index (χ0v) is 8.93. The second-order valence-electron chi connectivity index (χ2n) is 3.77. The van der Waals surface area contributed by atoms with Crippen LogP contribution in [0, 0.1) is 0 Å². The molecule has 1 fully saturated rings. The fourth-order valence-electron chi connectivity index (χ4n) is 1.76. The van der Waals surface area contributed by atoms with Gasteiger partial charge in [0.15, 0.2) is 5.78 Å². The van der Waals surface area contributed by atoms with Crippen molar-refractivity contribution in [1.82, 2.24) is 15.1 Å². The van der Waals surface area contributed by atoms with Gasteiger partial charge in [0.2, 0.25) is 0 Å². The van der Waals surface area contributed by atoms with E-state index in [4.69, 9.17) is 4.74 Å².